The number of rotatable bonds is 7. The molecule has 0 saturated heterocycles. The van der Waals surface area contributed by atoms with E-state index in [1.54, 1.807) is 11.3 Å². The molecule has 17 heavy (non-hydrogen) atoms. The van der Waals surface area contributed by atoms with Gasteiger partial charge in [0.25, 0.3) is 0 Å². The lowest BCUT2D eigenvalue weighted by Crippen LogP contribution is -2.22. The molecule has 0 aliphatic rings. The van der Waals surface area contributed by atoms with Crippen molar-refractivity contribution in [3.63, 3.8) is 0 Å². The molecule has 1 heterocycles. The van der Waals surface area contributed by atoms with Gasteiger partial charge >= 0.3 is 0 Å². The summed E-state index contributed by atoms with van der Waals surface area (Å²) in [4.78, 5) is 6.85. The smallest absolute Gasteiger partial charge is 0.107 e. The summed E-state index contributed by atoms with van der Waals surface area (Å²) in [6, 6.07) is 0.508. The lowest BCUT2D eigenvalue weighted by molar-refractivity contribution is 0.351. The minimum Gasteiger partial charge on any atom is -0.308 e. The maximum absolute atomic E-state index is 4.61. The van der Waals surface area contributed by atoms with Gasteiger partial charge in [0.15, 0.2) is 0 Å². The first-order chi connectivity index (χ1) is 7.97. The zero-order valence-corrected chi connectivity index (χ0v) is 12.1. The molecule has 0 atom stereocenters. The molecule has 0 aliphatic heterocycles. The normalized spacial score (nSPS) is 11.4. The number of nitrogens with one attached hydrogen (secondary N) is 1. The third-order valence-electron chi connectivity index (χ3n) is 2.23. The average Bonchev–Trinajstić information content (AvgIpc) is 2.61. The van der Waals surface area contributed by atoms with E-state index >= 15 is 0 Å². The van der Waals surface area contributed by atoms with Gasteiger partial charge in [0.05, 0.1) is 5.69 Å². The third kappa shape index (κ3) is 5.96. The van der Waals surface area contributed by atoms with Crippen molar-refractivity contribution in [1.29, 1.82) is 0 Å². The van der Waals surface area contributed by atoms with Crippen molar-refractivity contribution in [3.8, 4) is 0 Å². The van der Waals surface area contributed by atoms with Crippen molar-refractivity contribution in [2.75, 3.05) is 13.6 Å². The summed E-state index contributed by atoms with van der Waals surface area (Å²) in [5, 5.41) is 6.69. The van der Waals surface area contributed by atoms with Gasteiger partial charge in [-0.05, 0) is 14.0 Å². The van der Waals surface area contributed by atoms with Crippen LogP contribution in [-0.4, -0.2) is 29.5 Å². The first-order valence-corrected chi connectivity index (χ1v) is 6.85. The van der Waals surface area contributed by atoms with Crippen LogP contribution in [0.1, 0.15) is 31.5 Å². The van der Waals surface area contributed by atoms with Crippen LogP contribution in [-0.2, 0) is 13.1 Å². The zero-order chi connectivity index (χ0) is 12.8. The molecule has 0 saturated carbocycles. The Labute approximate surface area is 109 Å². The zero-order valence-electron chi connectivity index (χ0n) is 11.3. The molecular formula is C13H23N3S. The van der Waals surface area contributed by atoms with Crippen LogP contribution in [0.2, 0.25) is 0 Å². The molecule has 0 bridgehead atoms. The fourth-order valence-electron chi connectivity index (χ4n) is 1.59. The molecule has 0 aromatic carbocycles. The summed E-state index contributed by atoms with van der Waals surface area (Å²) in [6.07, 6.45) is 0. The van der Waals surface area contributed by atoms with Gasteiger partial charge in [-0.15, -0.1) is 11.3 Å². The molecule has 1 rings (SSSR count). The highest BCUT2D eigenvalue weighted by molar-refractivity contribution is 7.09. The monoisotopic (exact) mass is 253 g/mol. The maximum Gasteiger partial charge on any atom is 0.107 e. The van der Waals surface area contributed by atoms with E-state index in [-0.39, 0.29) is 0 Å². The van der Waals surface area contributed by atoms with Crippen LogP contribution in [0.5, 0.6) is 0 Å². The molecule has 0 spiro atoms. The van der Waals surface area contributed by atoms with Gasteiger partial charge in [-0.2, -0.15) is 0 Å². The van der Waals surface area contributed by atoms with Crippen molar-refractivity contribution in [2.45, 2.75) is 39.9 Å². The lowest BCUT2D eigenvalue weighted by Gasteiger charge is -2.14. The van der Waals surface area contributed by atoms with Crippen molar-refractivity contribution in [1.82, 2.24) is 15.2 Å². The molecule has 1 aromatic heterocycles. The number of aromatic nitrogens is 1. The van der Waals surface area contributed by atoms with Gasteiger partial charge in [-0.3, -0.25) is 4.90 Å². The fraction of sp³-hybridized carbons (Fsp3) is 0.615. The van der Waals surface area contributed by atoms with Gasteiger partial charge < -0.3 is 5.32 Å². The van der Waals surface area contributed by atoms with E-state index in [1.807, 2.05) is 0 Å². The van der Waals surface area contributed by atoms with Crippen LogP contribution in [0.3, 0.4) is 0 Å². The van der Waals surface area contributed by atoms with E-state index in [2.05, 4.69) is 55.0 Å². The highest BCUT2D eigenvalue weighted by atomic mass is 32.1. The summed E-state index contributed by atoms with van der Waals surface area (Å²) < 4.78 is 0. The first-order valence-electron chi connectivity index (χ1n) is 5.97. The molecule has 1 aromatic rings. The van der Waals surface area contributed by atoms with Crippen molar-refractivity contribution in [2.24, 2.45) is 0 Å². The topological polar surface area (TPSA) is 28.2 Å². The van der Waals surface area contributed by atoms with Gasteiger partial charge in [0.1, 0.15) is 5.01 Å². The SMILES string of the molecule is C=C(C)CN(C)Cc1csc(CNC(C)C)n1. The van der Waals surface area contributed by atoms with E-state index in [0.29, 0.717) is 6.04 Å². The van der Waals surface area contributed by atoms with E-state index in [9.17, 15) is 0 Å². The van der Waals surface area contributed by atoms with Crippen LogP contribution in [0.25, 0.3) is 0 Å². The minimum atomic E-state index is 0.508. The van der Waals surface area contributed by atoms with Gasteiger partial charge in [-0.1, -0.05) is 26.0 Å². The number of likely N-dealkylation sites (N-methyl/N-ethyl adjacent to an activating group) is 1. The third-order valence-corrected chi connectivity index (χ3v) is 3.13. The quantitative estimate of drug-likeness (QED) is 0.757. The second-order valence-electron chi connectivity index (χ2n) is 4.90. The Morgan fingerprint density at radius 3 is 2.88 bits per heavy atom. The van der Waals surface area contributed by atoms with Crippen LogP contribution >= 0.6 is 11.3 Å². The van der Waals surface area contributed by atoms with Crippen LogP contribution in [0.15, 0.2) is 17.5 Å². The lowest BCUT2D eigenvalue weighted by atomic mass is 10.3. The number of hydrogen-bond acceptors (Lipinski definition) is 4. The Balaban J connectivity index is 2.42. The summed E-state index contributed by atoms with van der Waals surface area (Å²) in [7, 11) is 2.10. The summed E-state index contributed by atoms with van der Waals surface area (Å²) in [5.41, 5.74) is 2.34. The molecule has 0 amide bonds. The van der Waals surface area contributed by atoms with Crippen molar-refractivity contribution >= 4 is 11.3 Å². The molecule has 0 radical (unpaired) electrons. The predicted octanol–water partition coefficient (Wildman–Crippen LogP) is 2.65. The fourth-order valence-corrected chi connectivity index (χ4v) is 2.32. The predicted molar refractivity (Wildman–Crippen MR) is 75.2 cm³/mol. The van der Waals surface area contributed by atoms with Crippen LogP contribution in [0.4, 0.5) is 0 Å². The second-order valence-corrected chi connectivity index (χ2v) is 5.84. The molecule has 3 nitrogen and oxygen atoms in total. The first kappa shape index (κ1) is 14.4. The van der Waals surface area contributed by atoms with E-state index in [1.165, 1.54) is 5.57 Å². The molecule has 96 valence electrons. The Morgan fingerprint density at radius 2 is 2.29 bits per heavy atom. The maximum atomic E-state index is 4.61. The van der Waals surface area contributed by atoms with Gasteiger partial charge in [0, 0.05) is 31.1 Å². The summed E-state index contributed by atoms with van der Waals surface area (Å²) >= 11 is 1.73. The van der Waals surface area contributed by atoms with Crippen LogP contribution < -0.4 is 5.32 Å². The molecule has 1 N–H and O–H groups in total. The second kappa shape index (κ2) is 6.89. The number of thiazole rings is 1. The molecule has 0 aliphatic carbocycles. The highest BCUT2D eigenvalue weighted by Gasteiger charge is 2.05. The molecular weight excluding hydrogens is 230 g/mol. The minimum absolute atomic E-state index is 0.508. The number of nitrogens with zero attached hydrogens (tertiary/aromatic N) is 2. The van der Waals surface area contributed by atoms with Gasteiger partial charge in [0.2, 0.25) is 0 Å². The average molecular weight is 253 g/mol. The standard InChI is InChI=1S/C13H23N3S/c1-10(2)7-16(5)8-12-9-17-13(15-12)6-14-11(3)4/h9,11,14H,1,6-8H2,2-5H3. The van der Waals surface area contributed by atoms with Gasteiger partial charge in [-0.25, -0.2) is 4.98 Å². The van der Waals surface area contributed by atoms with E-state index in [4.69, 9.17) is 0 Å². The Morgan fingerprint density at radius 1 is 1.59 bits per heavy atom. The van der Waals surface area contributed by atoms with E-state index in [0.717, 1.165) is 30.3 Å². The van der Waals surface area contributed by atoms with Crippen LogP contribution in [0, 0.1) is 0 Å². The number of hydrogen-bond donors (Lipinski definition) is 1. The molecule has 0 unspecified atom stereocenters. The highest BCUT2D eigenvalue weighted by Crippen LogP contribution is 2.11. The molecule has 0 fully saturated rings. The van der Waals surface area contributed by atoms with Crippen molar-refractivity contribution < 1.29 is 0 Å². The Hall–Kier alpha value is -0.710. The Bertz CT molecular complexity index is 357. The summed E-state index contributed by atoms with van der Waals surface area (Å²) in [6.45, 7) is 13.0. The van der Waals surface area contributed by atoms with E-state index < -0.39 is 0 Å². The molecule has 4 heteroatoms. The Kier molecular flexibility index (Phi) is 5.82. The van der Waals surface area contributed by atoms with Crippen molar-refractivity contribution in [3.05, 3.63) is 28.2 Å². The largest absolute Gasteiger partial charge is 0.308 e. The summed E-state index contributed by atoms with van der Waals surface area (Å²) in [5.74, 6) is 0.